The highest BCUT2D eigenvalue weighted by Gasteiger charge is 2.17. The van der Waals surface area contributed by atoms with E-state index in [1.54, 1.807) is 0 Å². The van der Waals surface area contributed by atoms with Crippen molar-refractivity contribution in [3.05, 3.63) is 66.0 Å². The van der Waals surface area contributed by atoms with Crippen molar-refractivity contribution in [3.8, 4) is 0 Å². The SMILES string of the molecule is c1cc2c3c(c4ccc5cnccc5c4cc3c1)CC2. The van der Waals surface area contributed by atoms with Crippen LogP contribution in [-0.4, -0.2) is 4.98 Å². The molecule has 0 N–H and O–H groups in total. The number of nitrogens with zero attached hydrogens (tertiary/aromatic N) is 1. The van der Waals surface area contributed by atoms with E-state index in [1.165, 1.54) is 56.3 Å². The van der Waals surface area contributed by atoms with E-state index in [9.17, 15) is 0 Å². The van der Waals surface area contributed by atoms with E-state index in [0.717, 1.165) is 0 Å². The smallest absolute Gasteiger partial charge is 0.0346 e. The van der Waals surface area contributed by atoms with Crippen molar-refractivity contribution in [2.24, 2.45) is 0 Å². The first-order valence-electron chi connectivity index (χ1n) is 7.12. The molecule has 1 heteroatoms. The molecule has 1 nitrogen and oxygen atoms in total. The summed E-state index contributed by atoms with van der Waals surface area (Å²) in [5, 5.41) is 8.20. The second-order valence-corrected chi connectivity index (χ2v) is 5.63. The van der Waals surface area contributed by atoms with Crippen LogP contribution in [0.1, 0.15) is 11.1 Å². The monoisotopic (exact) mass is 255 g/mol. The van der Waals surface area contributed by atoms with Crippen molar-refractivity contribution in [1.29, 1.82) is 0 Å². The lowest BCUT2D eigenvalue weighted by molar-refractivity contribution is 1.03. The summed E-state index contributed by atoms with van der Waals surface area (Å²) in [5.41, 5.74) is 3.04. The summed E-state index contributed by atoms with van der Waals surface area (Å²) in [6.07, 6.45) is 6.19. The van der Waals surface area contributed by atoms with E-state index in [2.05, 4.69) is 47.4 Å². The van der Waals surface area contributed by atoms with Crippen molar-refractivity contribution in [1.82, 2.24) is 4.98 Å². The summed E-state index contributed by atoms with van der Waals surface area (Å²) in [7, 11) is 0. The lowest BCUT2D eigenvalue weighted by Gasteiger charge is -2.09. The normalized spacial score (nSPS) is 13.6. The summed E-state index contributed by atoms with van der Waals surface area (Å²) in [5.74, 6) is 0. The Balaban J connectivity index is 2.10. The van der Waals surface area contributed by atoms with Crippen molar-refractivity contribution in [2.75, 3.05) is 0 Å². The van der Waals surface area contributed by atoms with Gasteiger partial charge in [0.25, 0.3) is 0 Å². The van der Waals surface area contributed by atoms with Gasteiger partial charge in [0, 0.05) is 17.8 Å². The quantitative estimate of drug-likeness (QED) is 0.329. The molecule has 0 saturated heterocycles. The molecule has 0 aliphatic heterocycles. The van der Waals surface area contributed by atoms with Gasteiger partial charge in [-0.3, -0.25) is 4.98 Å². The fraction of sp³-hybridized carbons (Fsp3) is 0.105. The minimum atomic E-state index is 1.17. The van der Waals surface area contributed by atoms with Crippen LogP contribution in [0.5, 0.6) is 0 Å². The van der Waals surface area contributed by atoms with Crippen LogP contribution in [0.3, 0.4) is 0 Å². The molecular formula is C19H13N. The van der Waals surface area contributed by atoms with Crippen LogP contribution < -0.4 is 0 Å². The summed E-state index contributed by atoms with van der Waals surface area (Å²) in [4.78, 5) is 4.23. The largest absolute Gasteiger partial charge is 0.264 e. The first-order chi connectivity index (χ1) is 9.92. The number of benzene rings is 3. The molecule has 0 amide bonds. The molecule has 20 heavy (non-hydrogen) atoms. The Hall–Kier alpha value is -2.41. The number of fused-ring (bicyclic) bond motifs is 4. The highest BCUT2D eigenvalue weighted by atomic mass is 14.6. The van der Waals surface area contributed by atoms with Crippen molar-refractivity contribution in [3.63, 3.8) is 0 Å². The van der Waals surface area contributed by atoms with Crippen molar-refractivity contribution >= 4 is 32.3 Å². The first kappa shape index (κ1) is 10.4. The standard InChI is InChI=1S/C19H13N/c1-2-12-4-7-17-16-6-5-14-11-20-9-8-15(14)18(16)10-13(3-1)19(12)17/h1-3,5-6,8-11H,4,7H2. The van der Waals surface area contributed by atoms with Crippen LogP contribution in [0.25, 0.3) is 32.3 Å². The first-order valence-corrected chi connectivity index (χ1v) is 7.12. The van der Waals surface area contributed by atoms with Gasteiger partial charge in [0.2, 0.25) is 0 Å². The van der Waals surface area contributed by atoms with Crippen LogP contribution >= 0.6 is 0 Å². The van der Waals surface area contributed by atoms with E-state index < -0.39 is 0 Å². The fourth-order valence-electron chi connectivity index (χ4n) is 3.74. The molecule has 0 unspecified atom stereocenters. The summed E-state index contributed by atoms with van der Waals surface area (Å²) < 4.78 is 0. The number of hydrogen-bond donors (Lipinski definition) is 0. The summed E-state index contributed by atoms with van der Waals surface area (Å²) in [6.45, 7) is 0. The van der Waals surface area contributed by atoms with Gasteiger partial charge in [0.1, 0.15) is 0 Å². The number of aromatic nitrogens is 1. The predicted octanol–water partition coefficient (Wildman–Crippen LogP) is 4.64. The lowest BCUT2D eigenvalue weighted by atomic mass is 9.95. The van der Waals surface area contributed by atoms with E-state index in [-0.39, 0.29) is 0 Å². The van der Waals surface area contributed by atoms with Crippen molar-refractivity contribution in [2.45, 2.75) is 12.8 Å². The molecule has 0 bridgehead atoms. The maximum atomic E-state index is 4.23. The van der Waals surface area contributed by atoms with Gasteiger partial charge in [-0.1, -0.05) is 30.3 Å². The molecule has 5 rings (SSSR count). The van der Waals surface area contributed by atoms with Gasteiger partial charge in [-0.05, 0) is 63.0 Å². The van der Waals surface area contributed by atoms with Gasteiger partial charge in [-0.15, -0.1) is 0 Å². The topological polar surface area (TPSA) is 12.9 Å². The maximum absolute atomic E-state index is 4.23. The Morgan fingerprint density at radius 1 is 0.800 bits per heavy atom. The number of aryl methyl sites for hydroxylation is 2. The summed E-state index contributed by atoms with van der Waals surface area (Å²) in [6, 6.07) is 15.7. The van der Waals surface area contributed by atoms with Crippen LogP contribution in [0.4, 0.5) is 0 Å². The Morgan fingerprint density at radius 2 is 1.80 bits per heavy atom. The zero-order chi connectivity index (χ0) is 13.1. The van der Waals surface area contributed by atoms with Gasteiger partial charge in [-0.25, -0.2) is 0 Å². The van der Waals surface area contributed by atoms with E-state index in [4.69, 9.17) is 0 Å². The Labute approximate surface area is 116 Å². The molecule has 0 atom stereocenters. The molecule has 0 fully saturated rings. The maximum Gasteiger partial charge on any atom is 0.0346 e. The minimum Gasteiger partial charge on any atom is -0.264 e. The molecule has 94 valence electrons. The van der Waals surface area contributed by atoms with E-state index >= 15 is 0 Å². The zero-order valence-electron chi connectivity index (χ0n) is 11.1. The molecular weight excluding hydrogens is 242 g/mol. The second kappa shape index (κ2) is 3.57. The Morgan fingerprint density at radius 3 is 2.80 bits per heavy atom. The van der Waals surface area contributed by atoms with Gasteiger partial charge in [0.15, 0.2) is 0 Å². The zero-order valence-corrected chi connectivity index (χ0v) is 11.1. The molecule has 1 aliphatic carbocycles. The number of rotatable bonds is 0. The highest BCUT2D eigenvalue weighted by molar-refractivity contribution is 6.14. The van der Waals surface area contributed by atoms with Crippen molar-refractivity contribution < 1.29 is 0 Å². The van der Waals surface area contributed by atoms with Gasteiger partial charge in [-0.2, -0.15) is 0 Å². The van der Waals surface area contributed by atoms with Crippen LogP contribution in [0.15, 0.2) is 54.9 Å². The highest BCUT2D eigenvalue weighted by Crippen LogP contribution is 2.38. The molecule has 4 aromatic rings. The lowest BCUT2D eigenvalue weighted by Crippen LogP contribution is -1.86. The van der Waals surface area contributed by atoms with Crippen LogP contribution in [0.2, 0.25) is 0 Å². The van der Waals surface area contributed by atoms with Crippen LogP contribution in [-0.2, 0) is 12.8 Å². The molecule has 1 aliphatic rings. The average Bonchev–Trinajstić information content (AvgIpc) is 2.93. The average molecular weight is 255 g/mol. The molecule has 0 radical (unpaired) electrons. The van der Waals surface area contributed by atoms with Gasteiger partial charge >= 0.3 is 0 Å². The van der Waals surface area contributed by atoms with E-state index in [0.29, 0.717) is 0 Å². The van der Waals surface area contributed by atoms with Gasteiger partial charge in [0.05, 0.1) is 0 Å². The third-order valence-electron chi connectivity index (χ3n) is 4.62. The third kappa shape index (κ3) is 1.20. The Bertz CT molecular complexity index is 999. The number of hydrogen-bond acceptors (Lipinski definition) is 1. The third-order valence-corrected chi connectivity index (χ3v) is 4.62. The van der Waals surface area contributed by atoms with Crippen LogP contribution in [0, 0.1) is 0 Å². The summed E-state index contributed by atoms with van der Waals surface area (Å²) >= 11 is 0. The van der Waals surface area contributed by atoms with E-state index in [1.807, 2.05) is 12.4 Å². The molecule has 0 saturated carbocycles. The predicted molar refractivity (Wildman–Crippen MR) is 84.2 cm³/mol. The molecule has 1 aromatic heterocycles. The van der Waals surface area contributed by atoms with Gasteiger partial charge < -0.3 is 0 Å². The number of pyridine rings is 1. The second-order valence-electron chi connectivity index (χ2n) is 5.63. The Kier molecular flexibility index (Phi) is 1.86. The fourth-order valence-corrected chi connectivity index (χ4v) is 3.74. The molecule has 3 aromatic carbocycles. The molecule has 0 spiro atoms. The minimum absolute atomic E-state index is 1.17. The molecule has 1 heterocycles.